The molecule has 2 heterocycles. The molecule has 1 atom stereocenters. The van der Waals surface area contributed by atoms with E-state index in [-0.39, 0.29) is 21.6 Å². The highest BCUT2D eigenvalue weighted by molar-refractivity contribution is 7.91. The molecule has 1 amide bonds. The average molecular weight is 414 g/mol. The number of thiophene rings is 1. The molecule has 0 spiro atoms. The van der Waals surface area contributed by atoms with Crippen molar-refractivity contribution in [1.29, 1.82) is 0 Å². The molecule has 7 heteroatoms. The van der Waals surface area contributed by atoms with Crippen LogP contribution in [-0.4, -0.2) is 21.4 Å². The normalized spacial score (nSPS) is 16.4. The minimum Gasteiger partial charge on any atom is -0.497 e. The summed E-state index contributed by atoms with van der Waals surface area (Å²) in [5.41, 5.74) is 2.53. The number of carbonyl (C=O) groups is 1. The van der Waals surface area contributed by atoms with Crippen LogP contribution in [0.25, 0.3) is 0 Å². The molecule has 1 aromatic heterocycles. The molecule has 2 aromatic carbocycles. The van der Waals surface area contributed by atoms with Crippen molar-refractivity contribution in [3.05, 3.63) is 69.9 Å². The van der Waals surface area contributed by atoms with Crippen molar-refractivity contribution >= 4 is 32.8 Å². The molecule has 1 aliphatic rings. The van der Waals surface area contributed by atoms with Gasteiger partial charge in [-0.1, -0.05) is 29.8 Å². The smallest absolute Gasteiger partial charge is 0.225 e. The summed E-state index contributed by atoms with van der Waals surface area (Å²) in [6.07, 6.45) is 0.305. The summed E-state index contributed by atoms with van der Waals surface area (Å²) >= 11 is 1.37. The SMILES string of the molecule is COc1ccc(S(=O)(=O)c2csc3c2NC(=O)CC3c2cccc(C)c2)cc1. The third-order valence-corrected chi connectivity index (χ3v) is 7.90. The largest absolute Gasteiger partial charge is 0.497 e. The molecule has 144 valence electrons. The number of aryl methyl sites for hydroxylation is 1. The van der Waals surface area contributed by atoms with E-state index in [4.69, 9.17) is 4.74 Å². The van der Waals surface area contributed by atoms with E-state index >= 15 is 0 Å². The molecule has 5 nitrogen and oxygen atoms in total. The van der Waals surface area contributed by atoms with Gasteiger partial charge < -0.3 is 10.1 Å². The number of anilines is 1. The van der Waals surface area contributed by atoms with E-state index in [1.165, 1.54) is 30.6 Å². The van der Waals surface area contributed by atoms with Gasteiger partial charge in [-0.3, -0.25) is 4.79 Å². The molecule has 0 bridgehead atoms. The van der Waals surface area contributed by atoms with Crippen LogP contribution in [0.5, 0.6) is 5.75 Å². The number of nitrogens with one attached hydrogen (secondary N) is 1. The van der Waals surface area contributed by atoms with Crippen molar-refractivity contribution in [3.63, 3.8) is 0 Å². The van der Waals surface area contributed by atoms with Gasteiger partial charge in [0.1, 0.15) is 10.6 Å². The highest BCUT2D eigenvalue weighted by Gasteiger charge is 2.34. The van der Waals surface area contributed by atoms with Gasteiger partial charge >= 0.3 is 0 Å². The predicted octanol–water partition coefficient (Wildman–Crippen LogP) is 4.37. The Labute approximate surface area is 167 Å². The van der Waals surface area contributed by atoms with Crippen LogP contribution in [0.3, 0.4) is 0 Å². The summed E-state index contributed by atoms with van der Waals surface area (Å²) in [6.45, 7) is 2.00. The summed E-state index contributed by atoms with van der Waals surface area (Å²) in [6, 6.07) is 14.2. The maximum atomic E-state index is 13.2. The number of benzene rings is 2. The van der Waals surface area contributed by atoms with Gasteiger partial charge in [0.15, 0.2) is 0 Å². The van der Waals surface area contributed by atoms with Gasteiger partial charge in [-0.25, -0.2) is 8.42 Å². The molecule has 4 rings (SSSR count). The third-order valence-electron chi connectivity index (χ3n) is 4.86. The van der Waals surface area contributed by atoms with Crippen molar-refractivity contribution in [3.8, 4) is 5.75 Å². The van der Waals surface area contributed by atoms with Crippen molar-refractivity contribution in [2.75, 3.05) is 12.4 Å². The molecule has 1 N–H and O–H groups in total. The highest BCUT2D eigenvalue weighted by Crippen LogP contribution is 2.46. The molecule has 0 saturated carbocycles. The van der Waals surface area contributed by atoms with Crippen LogP contribution in [0.15, 0.2) is 63.7 Å². The fourth-order valence-corrected chi connectivity index (χ4v) is 6.35. The summed E-state index contributed by atoms with van der Waals surface area (Å²) in [7, 11) is -2.23. The fraction of sp³-hybridized carbons (Fsp3) is 0.190. The molecule has 28 heavy (non-hydrogen) atoms. The van der Waals surface area contributed by atoms with E-state index in [1.54, 1.807) is 17.5 Å². The lowest BCUT2D eigenvalue weighted by Gasteiger charge is -2.24. The van der Waals surface area contributed by atoms with E-state index in [2.05, 4.69) is 5.32 Å². The van der Waals surface area contributed by atoms with Crippen LogP contribution in [0.2, 0.25) is 0 Å². The first-order valence-corrected chi connectivity index (χ1v) is 11.1. The van der Waals surface area contributed by atoms with Gasteiger partial charge in [-0.15, -0.1) is 11.3 Å². The molecule has 0 fully saturated rings. The van der Waals surface area contributed by atoms with Crippen molar-refractivity contribution in [2.45, 2.75) is 29.1 Å². The van der Waals surface area contributed by atoms with Crippen molar-refractivity contribution < 1.29 is 17.9 Å². The first-order valence-electron chi connectivity index (χ1n) is 8.77. The van der Waals surface area contributed by atoms with Gasteiger partial charge in [0.2, 0.25) is 15.7 Å². The van der Waals surface area contributed by atoms with Crippen molar-refractivity contribution in [2.24, 2.45) is 0 Å². The number of methoxy groups -OCH3 is 1. The molecule has 3 aromatic rings. The Balaban J connectivity index is 1.80. The average Bonchev–Trinajstić information content (AvgIpc) is 3.12. The number of fused-ring (bicyclic) bond motifs is 1. The summed E-state index contributed by atoms with van der Waals surface area (Å²) < 4.78 is 31.5. The van der Waals surface area contributed by atoms with Gasteiger partial charge in [0.05, 0.1) is 17.7 Å². The quantitative estimate of drug-likeness (QED) is 0.689. The lowest BCUT2D eigenvalue weighted by molar-refractivity contribution is -0.116. The molecular formula is C21H19NO4S2. The number of sulfone groups is 1. The van der Waals surface area contributed by atoms with E-state index in [0.717, 1.165) is 16.0 Å². The third kappa shape index (κ3) is 3.21. The first-order chi connectivity index (χ1) is 13.4. The second-order valence-electron chi connectivity index (χ2n) is 6.74. The van der Waals surface area contributed by atoms with Crippen LogP contribution < -0.4 is 10.1 Å². The summed E-state index contributed by atoms with van der Waals surface area (Å²) in [5.74, 6) is 0.260. The molecule has 1 aliphatic heterocycles. The number of rotatable bonds is 4. The minimum absolute atomic E-state index is 0.142. The zero-order valence-corrected chi connectivity index (χ0v) is 17.1. The lowest BCUT2D eigenvalue weighted by atomic mass is 9.90. The zero-order chi connectivity index (χ0) is 19.9. The summed E-state index contributed by atoms with van der Waals surface area (Å²) in [4.78, 5) is 13.6. The Morgan fingerprint density at radius 2 is 1.89 bits per heavy atom. The van der Waals surface area contributed by atoms with Crippen molar-refractivity contribution in [1.82, 2.24) is 0 Å². The maximum absolute atomic E-state index is 13.2. The molecule has 0 saturated heterocycles. The first kappa shape index (κ1) is 18.7. The van der Waals surface area contributed by atoms with Crippen LogP contribution in [-0.2, 0) is 14.6 Å². The minimum atomic E-state index is -3.76. The van der Waals surface area contributed by atoms with Gasteiger partial charge in [0.25, 0.3) is 0 Å². The van der Waals surface area contributed by atoms with Gasteiger partial charge in [0, 0.05) is 22.6 Å². The Morgan fingerprint density at radius 1 is 1.14 bits per heavy atom. The number of carbonyl (C=O) groups excluding carboxylic acids is 1. The number of hydrogen-bond donors (Lipinski definition) is 1. The molecule has 0 radical (unpaired) electrons. The van der Waals surface area contributed by atoms with Gasteiger partial charge in [-0.2, -0.15) is 0 Å². The Bertz CT molecular complexity index is 1150. The molecule has 1 unspecified atom stereocenters. The number of ether oxygens (including phenoxy) is 1. The second-order valence-corrected chi connectivity index (χ2v) is 9.57. The summed E-state index contributed by atoms with van der Waals surface area (Å²) in [5, 5.41) is 4.41. The Kier molecular flexibility index (Phi) is 4.72. The lowest BCUT2D eigenvalue weighted by Crippen LogP contribution is -2.23. The Morgan fingerprint density at radius 3 is 2.57 bits per heavy atom. The predicted molar refractivity (Wildman–Crippen MR) is 109 cm³/mol. The number of hydrogen-bond acceptors (Lipinski definition) is 5. The number of amides is 1. The maximum Gasteiger partial charge on any atom is 0.225 e. The Hall–Kier alpha value is -2.64. The second kappa shape index (κ2) is 7.07. The van der Waals surface area contributed by atoms with Gasteiger partial charge in [-0.05, 0) is 36.8 Å². The van der Waals surface area contributed by atoms with Crippen LogP contribution in [0.4, 0.5) is 5.69 Å². The van der Waals surface area contributed by atoms with Crippen LogP contribution >= 0.6 is 11.3 Å². The van der Waals surface area contributed by atoms with Crippen LogP contribution in [0.1, 0.15) is 28.3 Å². The van der Waals surface area contributed by atoms with E-state index < -0.39 is 9.84 Å². The van der Waals surface area contributed by atoms with E-state index in [9.17, 15) is 13.2 Å². The standard InChI is InChI=1S/C21H19NO4S2/c1-13-4-3-5-14(10-13)17-11-19(23)22-20-18(12-27-21(17)20)28(24,25)16-8-6-15(26-2)7-9-16/h3-10,12,17H,11H2,1-2H3,(H,22,23). The van der Waals surface area contributed by atoms with E-state index in [1.807, 2.05) is 31.2 Å². The van der Waals surface area contributed by atoms with E-state index in [0.29, 0.717) is 17.9 Å². The monoisotopic (exact) mass is 413 g/mol. The fourth-order valence-electron chi connectivity index (χ4n) is 3.44. The molecular weight excluding hydrogens is 394 g/mol. The topological polar surface area (TPSA) is 72.5 Å². The zero-order valence-electron chi connectivity index (χ0n) is 15.4. The highest BCUT2D eigenvalue weighted by atomic mass is 32.2. The molecule has 0 aliphatic carbocycles. The van der Waals surface area contributed by atoms with Crippen LogP contribution in [0, 0.1) is 6.92 Å².